The maximum absolute atomic E-state index is 12.0. The van der Waals surface area contributed by atoms with Crippen LogP contribution in [0.3, 0.4) is 0 Å². The quantitative estimate of drug-likeness (QED) is 0.742. The van der Waals surface area contributed by atoms with E-state index in [1.807, 2.05) is 0 Å². The van der Waals surface area contributed by atoms with Crippen molar-refractivity contribution in [2.24, 2.45) is 0 Å². The van der Waals surface area contributed by atoms with E-state index in [0.717, 1.165) is 0 Å². The highest BCUT2D eigenvalue weighted by atomic mass is 35.5. The third-order valence-electron chi connectivity index (χ3n) is 2.41. The summed E-state index contributed by atoms with van der Waals surface area (Å²) in [6.45, 7) is 6.96. The molecule has 0 saturated heterocycles. The fourth-order valence-corrected chi connectivity index (χ4v) is 1.66. The Morgan fingerprint density at radius 1 is 1.36 bits per heavy atom. The molecule has 1 atom stereocenters. The van der Waals surface area contributed by atoms with Gasteiger partial charge >= 0.3 is 12.0 Å². The van der Waals surface area contributed by atoms with Gasteiger partial charge < -0.3 is 20.5 Å². The Bertz CT molecular complexity index is 553. The molecule has 0 fully saturated rings. The van der Waals surface area contributed by atoms with Gasteiger partial charge in [0.1, 0.15) is 5.60 Å². The largest absolute Gasteiger partial charge is 0.456 e. The van der Waals surface area contributed by atoms with E-state index < -0.39 is 23.7 Å². The summed E-state index contributed by atoms with van der Waals surface area (Å²) in [6.07, 6.45) is -0.658. The van der Waals surface area contributed by atoms with E-state index in [1.165, 1.54) is 18.2 Å². The summed E-state index contributed by atoms with van der Waals surface area (Å²) in [4.78, 5) is 23.7. The number of halogens is 1. The van der Waals surface area contributed by atoms with Crippen LogP contribution in [0.25, 0.3) is 0 Å². The number of benzene rings is 1. The predicted octanol–water partition coefficient (Wildman–Crippen LogP) is 2.80. The number of hydrogen-bond donors (Lipinski definition) is 3. The van der Waals surface area contributed by atoms with Crippen LogP contribution in [0.15, 0.2) is 18.2 Å². The SMILES string of the molecule is C[C@@H](O)CNC(=O)Nc1cc(C(=O)OC(C)(C)C)ccc1Cl. The van der Waals surface area contributed by atoms with E-state index >= 15 is 0 Å². The van der Waals surface area contributed by atoms with E-state index in [4.69, 9.17) is 21.4 Å². The van der Waals surface area contributed by atoms with Gasteiger partial charge in [-0.15, -0.1) is 0 Å². The molecule has 0 bridgehead atoms. The minimum atomic E-state index is -0.658. The van der Waals surface area contributed by atoms with Crippen LogP contribution in [0, 0.1) is 0 Å². The second-order valence-corrected chi connectivity index (χ2v) is 6.29. The first kappa shape index (κ1) is 18.3. The molecule has 1 aromatic rings. The molecule has 6 nitrogen and oxygen atoms in total. The zero-order valence-electron chi connectivity index (χ0n) is 13.1. The van der Waals surface area contributed by atoms with Gasteiger partial charge in [0.05, 0.1) is 22.4 Å². The molecule has 1 rings (SSSR count). The molecule has 0 unspecified atom stereocenters. The second-order valence-electron chi connectivity index (χ2n) is 5.88. The number of anilines is 1. The molecule has 0 aromatic heterocycles. The molecule has 3 N–H and O–H groups in total. The fourth-order valence-electron chi connectivity index (χ4n) is 1.49. The number of carbonyl (C=O) groups excluding carboxylic acids is 2. The molecule has 122 valence electrons. The van der Waals surface area contributed by atoms with Crippen LogP contribution in [0.5, 0.6) is 0 Å². The third-order valence-corrected chi connectivity index (χ3v) is 2.74. The van der Waals surface area contributed by atoms with Crippen molar-refractivity contribution >= 4 is 29.3 Å². The average Bonchev–Trinajstić information content (AvgIpc) is 2.37. The van der Waals surface area contributed by atoms with Crippen molar-refractivity contribution in [3.63, 3.8) is 0 Å². The maximum atomic E-state index is 12.0. The van der Waals surface area contributed by atoms with Crippen LogP contribution in [-0.4, -0.2) is 35.4 Å². The summed E-state index contributed by atoms with van der Waals surface area (Å²) in [6, 6.07) is 3.95. The van der Waals surface area contributed by atoms with E-state index in [1.54, 1.807) is 27.7 Å². The highest BCUT2D eigenvalue weighted by molar-refractivity contribution is 6.33. The Morgan fingerprint density at radius 2 is 2.00 bits per heavy atom. The van der Waals surface area contributed by atoms with Crippen molar-refractivity contribution < 1.29 is 19.4 Å². The van der Waals surface area contributed by atoms with Gasteiger partial charge in [0.2, 0.25) is 0 Å². The van der Waals surface area contributed by atoms with Crippen molar-refractivity contribution in [1.29, 1.82) is 0 Å². The van der Waals surface area contributed by atoms with E-state index in [-0.39, 0.29) is 17.8 Å². The van der Waals surface area contributed by atoms with Crippen molar-refractivity contribution in [3.05, 3.63) is 28.8 Å². The van der Waals surface area contributed by atoms with Gasteiger partial charge in [0.15, 0.2) is 0 Å². The van der Waals surface area contributed by atoms with Crippen LogP contribution in [-0.2, 0) is 4.74 Å². The van der Waals surface area contributed by atoms with Gasteiger partial charge in [-0.05, 0) is 45.9 Å². The fraction of sp³-hybridized carbons (Fsp3) is 0.467. The number of aliphatic hydroxyl groups is 1. The molecular formula is C15H21ClN2O4. The lowest BCUT2D eigenvalue weighted by molar-refractivity contribution is 0.00695. The van der Waals surface area contributed by atoms with E-state index in [9.17, 15) is 9.59 Å². The van der Waals surface area contributed by atoms with Crippen molar-refractivity contribution in [2.75, 3.05) is 11.9 Å². The number of nitrogens with one attached hydrogen (secondary N) is 2. The van der Waals surface area contributed by atoms with Gasteiger partial charge in [0, 0.05) is 6.54 Å². The molecule has 1 aromatic carbocycles. The number of rotatable bonds is 4. The lowest BCUT2D eigenvalue weighted by Gasteiger charge is -2.20. The summed E-state index contributed by atoms with van der Waals surface area (Å²) in [5.41, 5.74) is -0.0443. The number of esters is 1. The Labute approximate surface area is 134 Å². The smallest absolute Gasteiger partial charge is 0.338 e. The maximum Gasteiger partial charge on any atom is 0.338 e. The number of ether oxygens (including phenoxy) is 1. The summed E-state index contributed by atoms with van der Waals surface area (Å²) < 4.78 is 5.26. The van der Waals surface area contributed by atoms with Gasteiger partial charge in [-0.1, -0.05) is 11.6 Å². The molecule has 0 radical (unpaired) electrons. The number of aliphatic hydroxyl groups excluding tert-OH is 1. The van der Waals surface area contributed by atoms with E-state index in [0.29, 0.717) is 5.02 Å². The van der Waals surface area contributed by atoms with Crippen LogP contribution < -0.4 is 10.6 Å². The molecule has 0 saturated carbocycles. The normalized spacial score (nSPS) is 12.5. The van der Waals surface area contributed by atoms with Gasteiger partial charge in [-0.25, -0.2) is 9.59 Å². The second kappa shape index (κ2) is 7.47. The summed E-state index contributed by atoms with van der Waals surface area (Å²) in [7, 11) is 0. The molecule has 7 heteroatoms. The Kier molecular flexibility index (Phi) is 6.20. The van der Waals surface area contributed by atoms with Gasteiger partial charge in [-0.3, -0.25) is 0 Å². The number of urea groups is 1. The van der Waals surface area contributed by atoms with Crippen LogP contribution in [0.2, 0.25) is 5.02 Å². The van der Waals surface area contributed by atoms with Crippen LogP contribution >= 0.6 is 11.6 Å². The average molecular weight is 329 g/mol. The summed E-state index contributed by atoms with van der Waals surface area (Å²) >= 11 is 6.00. The number of carbonyl (C=O) groups is 2. The number of hydrogen-bond acceptors (Lipinski definition) is 4. The highest BCUT2D eigenvalue weighted by Crippen LogP contribution is 2.24. The third kappa shape index (κ3) is 6.32. The zero-order chi connectivity index (χ0) is 16.9. The molecule has 0 aliphatic carbocycles. The lowest BCUT2D eigenvalue weighted by atomic mass is 10.1. The zero-order valence-corrected chi connectivity index (χ0v) is 13.8. The molecular weight excluding hydrogens is 308 g/mol. The van der Waals surface area contributed by atoms with Crippen molar-refractivity contribution in [1.82, 2.24) is 5.32 Å². The highest BCUT2D eigenvalue weighted by Gasteiger charge is 2.19. The molecule has 0 spiro atoms. The van der Waals surface area contributed by atoms with Crippen LogP contribution in [0.1, 0.15) is 38.1 Å². The van der Waals surface area contributed by atoms with Crippen molar-refractivity contribution in [2.45, 2.75) is 39.4 Å². The Balaban J connectivity index is 2.82. The summed E-state index contributed by atoms with van der Waals surface area (Å²) in [5, 5.41) is 14.4. The van der Waals surface area contributed by atoms with Crippen LogP contribution in [0.4, 0.5) is 10.5 Å². The monoisotopic (exact) mass is 328 g/mol. The molecule has 0 heterocycles. The van der Waals surface area contributed by atoms with Crippen molar-refractivity contribution in [3.8, 4) is 0 Å². The molecule has 2 amide bonds. The molecule has 22 heavy (non-hydrogen) atoms. The minimum Gasteiger partial charge on any atom is -0.456 e. The first-order valence-corrected chi connectivity index (χ1v) is 7.22. The van der Waals surface area contributed by atoms with E-state index in [2.05, 4.69) is 10.6 Å². The van der Waals surface area contributed by atoms with Gasteiger partial charge in [-0.2, -0.15) is 0 Å². The molecule has 0 aliphatic rings. The van der Waals surface area contributed by atoms with Gasteiger partial charge in [0.25, 0.3) is 0 Å². The lowest BCUT2D eigenvalue weighted by Crippen LogP contribution is -2.34. The standard InChI is InChI=1S/C15H21ClN2O4/c1-9(19)8-17-14(21)18-12-7-10(5-6-11(12)16)13(20)22-15(2,3)4/h5-7,9,19H,8H2,1-4H3,(H2,17,18,21)/t9-/m1/s1. The number of amides is 2. The first-order chi connectivity index (χ1) is 10.1. The Hall–Kier alpha value is -1.79. The predicted molar refractivity (Wildman–Crippen MR) is 85.3 cm³/mol. The Morgan fingerprint density at radius 3 is 2.55 bits per heavy atom. The minimum absolute atomic E-state index is 0.106. The summed E-state index contributed by atoms with van der Waals surface area (Å²) in [5.74, 6) is -0.503. The molecule has 0 aliphatic heterocycles. The topological polar surface area (TPSA) is 87.7 Å². The first-order valence-electron chi connectivity index (χ1n) is 6.84.